The highest BCUT2D eigenvalue weighted by atomic mass is 19.4. The van der Waals surface area contributed by atoms with Gasteiger partial charge in [-0.3, -0.25) is 9.59 Å². The molecule has 3 atom stereocenters. The number of carbonyl (C=O) groups excluding carboxylic acids is 2. The molecule has 1 aliphatic rings. The van der Waals surface area contributed by atoms with Crippen LogP contribution in [0.1, 0.15) is 56.2 Å². The third kappa shape index (κ3) is 8.81. The zero-order chi connectivity index (χ0) is 31.6. The summed E-state index contributed by atoms with van der Waals surface area (Å²) in [5.41, 5.74) is 8.36. The smallest absolute Gasteiger partial charge is 0.391 e. The van der Waals surface area contributed by atoms with Crippen LogP contribution in [0.4, 0.5) is 13.2 Å². The Morgan fingerprint density at radius 3 is 2.40 bits per heavy atom. The van der Waals surface area contributed by atoms with Crippen LogP contribution in [-0.2, 0) is 28.7 Å². The number of likely N-dealkylation sites (N-methyl/N-ethyl adjacent to an activating group) is 2. The molecule has 236 valence electrons. The summed E-state index contributed by atoms with van der Waals surface area (Å²) < 4.78 is 39.5. The van der Waals surface area contributed by atoms with E-state index in [2.05, 4.69) is 17.7 Å². The third-order valence-electron chi connectivity index (χ3n) is 7.90. The van der Waals surface area contributed by atoms with Crippen LogP contribution in [0.15, 0.2) is 66.4 Å². The molecular weight excluding hydrogens is 559 g/mol. The van der Waals surface area contributed by atoms with Gasteiger partial charge in [0.2, 0.25) is 5.91 Å². The predicted molar refractivity (Wildman–Crippen MR) is 160 cm³/mol. The minimum absolute atomic E-state index is 0.0367. The van der Waals surface area contributed by atoms with E-state index in [4.69, 9.17) is 5.73 Å². The number of nitrogens with one attached hydrogen (secondary N) is 2. The molecule has 5 N–H and O–H groups in total. The first-order chi connectivity index (χ1) is 20.4. The summed E-state index contributed by atoms with van der Waals surface area (Å²) >= 11 is 0. The lowest BCUT2D eigenvalue weighted by atomic mass is 9.76. The molecule has 2 amide bonds. The SMILES string of the molecule is CCCCCCN(C)C(=O)C1=CC(C(N)=O)([C@H](Cc2ccccc2)[C@@H](O)CNCc2cccc(C(F)(F)F)c2)NN1CC. The van der Waals surface area contributed by atoms with Gasteiger partial charge in [-0.2, -0.15) is 13.2 Å². The molecule has 0 aromatic heterocycles. The summed E-state index contributed by atoms with van der Waals surface area (Å²) in [5.74, 6) is -1.84. The van der Waals surface area contributed by atoms with E-state index in [0.717, 1.165) is 43.4 Å². The third-order valence-corrected chi connectivity index (χ3v) is 7.90. The molecule has 2 aromatic rings. The number of hydrogen-bond donors (Lipinski definition) is 4. The van der Waals surface area contributed by atoms with Gasteiger partial charge in [-0.1, -0.05) is 74.7 Å². The van der Waals surface area contributed by atoms with Crippen molar-refractivity contribution in [1.29, 1.82) is 0 Å². The molecule has 0 fully saturated rings. The Balaban J connectivity index is 1.88. The van der Waals surface area contributed by atoms with Crippen LogP contribution in [0, 0.1) is 5.92 Å². The Bertz CT molecular complexity index is 1240. The molecule has 0 bridgehead atoms. The van der Waals surface area contributed by atoms with Crippen LogP contribution in [0.5, 0.6) is 0 Å². The predicted octanol–water partition coefficient (Wildman–Crippen LogP) is 4.00. The summed E-state index contributed by atoms with van der Waals surface area (Å²) in [6.07, 6.45) is 0.176. The molecule has 1 heterocycles. The number of halogens is 3. The van der Waals surface area contributed by atoms with Crippen LogP contribution < -0.4 is 16.5 Å². The maximum Gasteiger partial charge on any atom is 0.416 e. The summed E-state index contributed by atoms with van der Waals surface area (Å²) in [5, 5.41) is 16.2. The van der Waals surface area contributed by atoms with Crippen LogP contribution >= 0.6 is 0 Å². The molecule has 0 saturated carbocycles. The minimum atomic E-state index is -4.46. The number of alkyl halides is 3. The number of aliphatic hydroxyl groups excluding tert-OH is 1. The quantitative estimate of drug-likeness (QED) is 0.216. The van der Waals surface area contributed by atoms with E-state index in [1.807, 2.05) is 37.3 Å². The Morgan fingerprint density at radius 1 is 1.07 bits per heavy atom. The molecule has 0 saturated heterocycles. The monoisotopic (exact) mass is 603 g/mol. The van der Waals surface area contributed by atoms with Gasteiger partial charge in [-0.05, 0) is 43.0 Å². The summed E-state index contributed by atoms with van der Waals surface area (Å²) in [4.78, 5) is 28.4. The highest BCUT2D eigenvalue weighted by Gasteiger charge is 2.52. The Morgan fingerprint density at radius 2 is 1.77 bits per heavy atom. The second kappa shape index (κ2) is 15.4. The van der Waals surface area contributed by atoms with Gasteiger partial charge in [0, 0.05) is 39.1 Å². The number of benzene rings is 2. The van der Waals surface area contributed by atoms with Crippen molar-refractivity contribution in [3.05, 3.63) is 83.1 Å². The van der Waals surface area contributed by atoms with Gasteiger partial charge >= 0.3 is 6.18 Å². The zero-order valence-electron chi connectivity index (χ0n) is 25.2. The summed E-state index contributed by atoms with van der Waals surface area (Å²) in [6.45, 7) is 4.91. The van der Waals surface area contributed by atoms with Crippen molar-refractivity contribution in [2.45, 2.75) is 70.3 Å². The van der Waals surface area contributed by atoms with Crippen LogP contribution in [0.2, 0.25) is 0 Å². The van der Waals surface area contributed by atoms with Crippen molar-refractivity contribution in [2.24, 2.45) is 11.7 Å². The Kier molecular flexibility index (Phi) is 12.2. The maximum atomic E-state index is 13.5. The number of aliphatic hydroxyl groups is 1. The van der Waals surface area contributed by atoms with Gasteiger partial charge in [0.15, 0.2) is 0 Å². The first kappa shape index (κ1) is 34.1. The molecular formula is C32H44F3N5O3. The van der Waals surface area contributed by atoms with E-state index in [9.17, 15) is 27.9 Å². The lowest BCUT2D eigenvalue weighted by Gasteiger charge is -2.38. The van der Waals surface area contributed by atoms with Crippen LogP contribution in [-0.4, -0.2) is 65.2 Å². The van der Waals surface area contributed by atoms with E-state index >= 15 is 0 Å². The van der Waals surface area contributed by atoms with E-state index in [-0.39, 0.29) is 31.1 Å². The van der Waals surface area contributed by atoms with E-state index in [1.54, 1.807) is 23.0 Å². The van der Waals surface area contributed by atoms with Crippen molar-refractivity contribution in [3.8, 4) is 0 Å². The lowest BCUT2D eigenvalue weighted by molar-refractivity contribution is -0.137. The number of primary amides is 1. The fourth-order valence-corrected chi connectivity index (χ4v) is 5.44. The van der Waals surface area contributed by atoms with Crippen molar-refractivity contribution in [3.63, 3.8) is 0 Å². The minimum Gasteiger partial charge on any atom is -0.391 e. The lowest BCUT2D eigenvalue weighted by Crippen LogP contribution is -2.63. The number of amides is 2. The standard InChI is InChI=1S/C32H44F3N5O3/c1-4-6-7-11-17-39(3)29(42)27-20-31(30(36)43,38-40(27)5-2)26(19-23-13-9-8-10-14-23)28(41)22-37-21-24-15-12-16-25(18-24)32(33,34)35/h8-10,12-16,18,20,26,28,37-38,41H,4-7,11,17,19,21-22H2,1-3H3,(H2,36,43)/t26-,28+,31?/m1/s1. The maximum absolute atomic E-state index is 13.5. The van der Waals surface area contributed by atoms with Gasteiger partial charge in [0.05, 0.1) is 11.7 Å². The normalized spacial score (nSPS) is 18.3. The largest absolute Gasteiger partial charge is 0.416 e. The van der Waals surface area contributed by atoms with Crippen LogP contribution in [0.25, 0.3) is 0 Å². The van der Waals surface area contributed by atoms with Crippen molar-refractivity contribution < 1.29 is 27.9 Å². The van der Waals surface area contributed by atoms with Gasteiger partial charge in [0.1, 0.15) is 11.2 Å². The van der Waals surface area contributed by atoms with E-state index < -0.39 is 35.2 Å². The number of rotatable bonds is 16. The number of nitrogens with two attached hydrogens (primary N) is 1. The topological polar surface area (TPSA) is 111 Å². The first-order valence-electron chi connectivity index (χ1n) is 14.8. The van der Waals surface area contributed by atoms with Crippen molar-refractivity contribution in [1.82, 2.24) is 20.7 Å². The second-order valence-corrected chi connectivity index (χ2v) is 11.1. The number of hydrogen-bond acceptors (Lipinski definition) is 6. The van der Waals surface area contributed by atoms with Gasteiger partial charge in [-0.15, -0.1) is 0 Å². The van der Waals surface area contributed by atoms with Crippen molar-refractivity contribution >= 4 is 11.8 Å². The second-order valence-electron chi connectivity index (χ2n) is 11.1. The molecule has 0 spiro atoms. The number of unbranched alkanes of at least 4 members (excludes halogenated alkanes) is 3. The Labute approximate surface area is 252 Å². The molecule has 1 aliphatic heterocycles. The molecule has 1 unspecified atom stereocenters. The van der Waals surface area contributed by atoms with E-state index in [1.165, 1.54) is 12.1 Å². The molecule has 3 rings (SSSR count). The van der Waals surface area contributed by atoms with E-state index in [0.29, 0.717) is 18.7 Å². The molecule has 11 heteroatoms. The van der Waals surface area contributed by atoms with Crippen molar-refractivity contribution in [2.75, 3.05) is 26.7 Å². The van der Waals surface area contributed by atoms with Gasteiger partial charge in [-0.25, -0.2) is 5.43 Å². The molecule has 0 radical (unpaired) electrons. The molecule has 2 aromatic carbocycles. The Hall–Kier alpha value is -3.41. The highest BCUT2D eigenvalue weighted by Crippen LogP contribution is 2.34. The fourth-order valence-electron chi connectivity index (χ4n) is 5.44. The van der Waals surface area contributed by atoms with Crippen LogP contribution in [0.3, 0.4) is 0 Å². The first-order valence-corrected chi connectivity index (χ1v) is 14.8. The fraction of sp³-hybridized carbons (Fsp3) is 0.500. The number of hydrazine groups is 1. The number of nitrogens with zero attached hydrogens (tertiary/aromatic N) is 2. The molecule has 0 aliphatic carbocycles. The average Bonchev–Trinajstić information content (AvgIpc) is 3.39. The molecule has 43 heavy (non-hydrogen) atoms. The molecule has 8 nitrogen and oxygen atoms in total. The summed E-state index contributed by atoms with van der Waals surface area (Å²) in [7, 11) is 1.72. The van der Waals surface area contributed by atoms with Gasteiger partial charge < -0.3 is 26.1 Å². The average molecular weight is 604 g/mol. The summed E-state index contributed by atoms with van der Waals surface area (Å²) in [6, 6.07) is 14.3. The number of carbonyl (C=O) groups is 2. The zero-order valence-corrected chi connectivity index (χ0v) is 25.2. The van der Waals surface area contributed by atoms with Gasteiger partial charge in [0.25, 0.3) is 5.91 Å². The highest BCUT2D eigenvalue weighted by molar-refractivity contribution is 5.97.